The van der Waals surface area contributed by atoms with Gasteiger partial charge in [0.25, 0.3) is 0 Å². The molecule has 2 rings (SSSR count). The number of Topliss-reactive ketones (excluding diaryl/α,β-unsaturated/α-hetero) is 1. The highest BCUT2D eigenvalue weighted by molar-refractivity contribution is 6.01. The van der Waals surface area contributed by atoms with Gasteiger partial charge in [0.1, 0.15) is 12.5 Å². The van der Waals surface area contributed by atoms with Crippen molar-refractivity contribution in [2.45, 2.75) is 13.0 Å². The number of piperidine rings is 1. The molecule has 1 heterocycles. The maximum absolute atomic E-state index is 11.9. The first kappa shape index (κ1) is 15.0. The Morgan fingerprint density at radius 2 is 2.00 bits per heavy atom. The van der Waals surface area contributed by atoms with Crippen LogP contribution in [0, 0.1) is 5.92 Å². The molecule has 1 saturated heterocycles. The van der Waals surface area contributed by atoms with Gasteiger partial charge in [0.15, 0.2) is 5.78 Å². The average molecular weight is 291 g/mol. The molecule has 1 aromatic rings. The van der Waals surface area contributed by atoms with Gasteiger partial charge >= 0.3 is 12.1 Å². The number of methoxy groups -OCH3 is 1. The van der Waals surface area contributed by atoms with Gasteiger partial charge in [0.05, 0.1) is 13.7 Å². The van der Waals surface area contributed by atoms with Crippen LogP contribution in [0.15, 0.2) is 30.3 Å². The summed E-state index contributed by atoms with van der Waals surface area (Å²) in [5.74, 6) is -1.63. The first-order valence-corrected chi connectivity index (χ1v) is 6.68. The van der Waals surface area contributed by atoms with Crippen LogP contribution < -0.4 is 0 Å². The molecule has 1 aliphatic heterocycles. The van der Waals surface area contributed by atoms with Gasteiger partial charge in [-0.1, -0.05) is 30.3 Å². The molecule has 1 amide bonds. The van der Waals surface area contributed by atoms with Crippen molar-refractivity contribution >= 4 is 17.8 Å². The second kappa shape index (κ2) is 6.88. The lowest BCUT2D eigenvalue weighted by Crippen LogP contribution is -2.46. The van der Waals surface area contributed by atoms with Crippen molar-refractivity contribution in [1.82, 2.24) is 4.90 Å². The van der Waals surface area contributed by atoms with E-state index in [0.717, 1.165) is 5.56 Å². The number of rotatable bonds is 3. The van der Waals surface area contributed by atoms with Crippen molar-refractivity contribution in [3.05, 3.63) is 35.9 Å². The van der Waals surface area contributed by atoms with E-state index in [1.807, 2.05) is 30.3 Å². The van der Waals surface area contributed by atoms with Crippen molar-refractivity contribution < 1.29 is 23.9 Å². The first-order valence-electron chi connectivity index (χ1n) is 6.68. The zero-order valence-electron chi connectivity index (χ0n) is 11.8. The van der Waals surface area contributed by atoms with Gasteiger partial charge in [-0.05, 0) is 12.0 Å². The predicted octanol–water partition coefficient (Wildman–Crippen LogP) is 1.39. The number of nitrogens with zero attached hydrogens (tertiary/aromatic N) is 1. The summed E-state index contributed by atoms with van der Waals surface area (Å²) >= 11 is 0. The molecule has 1 fully saturated rings. The lowest BCUT2D eigenvalue weighted by molar-refractivity contribution is -0.151. The van der Waals surface area contributed by atoms with E-state index >= 15 is 0 Å². The van der Waals surface area contributed by atoms with E-state index in [1.54, 1.807) is 0 Å². The van der Waals surface area contributed by atoms with Crippen LogP contribution in [0.4, 0.5) is 4.79 Å². The fourth-order valence-corrected chi connectivity index (χ4v) is 2.18. The topological polar surface area (TPSA) is 72.9 Å². The quantitative estimate of drug-likeness (QED) is 0.621. The Kier molecular flexibility index (Phi) is 4.92. The van der Waals surface area contributed by atoms with Crippen LogP contribution in [-0.4, -0.2) is 42.9 Å². The normalized spacial score (nSPS) is 18.2. The number of likely N-dealkylation sites (tertiary alicyclic amines) is 1. The predicted molar refractivity (Wildman–Crippen MR) is 73.3 cm³/mol. The van der Waals surface area contributed by atoms with Gasteiger partial charge in [-0.15, -0.1) is 0 Å². The minimum atomic E-state index is -0.770. The van der Waals surface area contributed by atoms with Crippen LogP contribution in [0.25, 0.3) is 0 Å². The number of carbonyl (C=O) groups excluding carboxylic acids is 3. The molecule has 1 aliphatic rings. The molecule has 0 N–H and O–H groups in total. The molecule has 0 aromatic heterocycles. The minimum Gasteiger partial charge on any atom is -0.468 e. The van der Waals surface area contributed by atoms with Crippen molar-refractivity contribution in [3.8, 4) is 0 Å². The summed E-state index contributed by atoms with van der Waals surface area (Å²) in [5, 5.41) is 0. The molecule has 1 aromatic carbocycles. The first-order chi connectivity index (χ1) is 10.1. The number of esters is 1. The largest absolute Gasteiger partial charge is 0.468 e. The number of carbonyl (C=O) groups is 3. The van der Waals surface area contributed by atoms with E-state index < -0.39 is 18.0 Å². The monoisotopic (exact) mass is 291 g/mol. The summed E-state index contributed by atoms with van der Waals surface area (Å²) < 4.78 is 9.72. The van der Waals surface area contributed by atoms with Crippen LogP contribution in [0.2, 0.25) is 0 Å². The summed E-state index contributed by atoms with van der Waals surface area (Å²) in [4.78, 5) is 36.4. The molecule has 0 bridgehead atoms. The van der Waals surface area contributed by atoms with E-state index in [4.69, 9.17) is 4.74 Å². The zero-order valence-corrected chi connectivity index (χ0v) is 11.8. The summed E-state index contributed by atoms with van der Waals surface area (Å²) in [6.07, 6.45) is -0.276. The van der Waals surface area contributed by atoms with Gasteiger partial charge in [-0.25, -0.2) is 4.79 Å². The highest BCUT2D eigenvalue weighted by Gasteiger charge is 2.35. The number of hydrogen-bond acceptors (Lipinski definition) is 5. The van der Waals surface area contributed by atoms with Crippen molar-refractivity contribution in [2.24, 2.45) is 5.92 Å². The van der Waals surface area contributed by atoms with Crippen LogP contribution in [0.5, 0.6) is 0 Å². The molecule has 6 nitrogen and oxygen atoms in total. The van der Waals surface area contributed by atoms with Gasteiger partial charge in [-0.3, -0.25) is 9.59 Å². The third-order valence-corrected chi connectivity index (χ3v) is 3.37. The van der Waals surface area contributed by atoms with Crippen LogP contribution >= 0.6 is 0 Å². The van der Waals surface area contributed by atoms with Gasteiger partial charge < -0.3 is 14.4 Å². The van der Waals surface area contributed by atoms with Gasteiger partial charge in [0, 0.05) is 6.54 Å². The van der Waals surface area contributed by atoms with E-state index in [9.17, 15) is 14.4 Å². The maximum Gasteiger partial charge on any atom is 0.410 e. The highest BCUT2D eigenvalue weighted by Crippen LogP contribution is 2.16. The number of ketones is 1. The Morgan fingerprint density at radius 3 is 2.62 bits per heavy atom. The molecule has 1 unspecified atom stereocenters. The Morgan fingerprint density at radius 1 is 1.29 bits per heavy atom. The fourth-order valence-electron chi connectivity index (χ4n) is 2.18. The lowest BCUT2D eigenvalue weighted by atomic mass is 9.96. The molecule has 0 aliphatic carbocycles. The Bertz CT molecular complexity index is 528. The van der Waals surface area contributed by atoms with Crippen molar-refractivity contribution in [2.75, 3.05) is 20.2 Å². The molecular weight excluding hydrogens is 274 g/mol. The number of ether oxygens (including phenoxy) is 2. The maximum atomic E-state index is 11.9. The summed E-state index contributed by atoms with van der Waals surface area (Å²) in [6.45, 7) is 0.345. The third kappa shape index (κ3) is 3.81. The SMILES string of the molecule is COC(=O)C1CCN(C(=O)OCc2ccccc2)CC1=O. The standard InChI is InChI=1S/C15H17NO5/c1-20-14(18)12-7-8-16(9-13(12)17)15(19)21-10-11-5-3-2-4-6-11/h2-6,12H,7-10H2,1H3. The van der Waals surface area contributed by atoms with E-state index in [2.05, 4.69) is 4.74 Å². The second-order valence-corrected chi connectivity index (χ2v) is 4.79. The second-order valence-electron chi connectivity index (χ2n) is 4.79. The lowest BCUT2D eigenvalue weighted by Gasteiger charge is -2.28. The van der Waals surface area contributed by atoms with Crippen LogP contribution in [0.1, 0.15) is 12.0 Å². The van der Waals surface area contributed by atoms with E-state index in [-0.39, 0.29) is 25.4 Å². The molecule has 21 heavy (non-hydrogen) atoms. The summed E-state index contributed by atoms with van der Waals surface area (Å²) in [5.41, 5.74) is 0.877. The minimum absolute atomic E-state index is 0.118. The molecule has 112 valence electrons. The number of benzene rings is 1. The smallest absolute Gasteiger partial charge is 0.410 e. The molecule has 6 heteroatoms. The van der Waals surface area contributed by atoms with Gasteiger partial charge in [-0.2, -0.15) is 0 Å². The van der Waals surface area contributed by atoms with Crippen LogP contribution in [-0.2, 0) is 25.7 Å². The average Bonchev–Trinajstić information content (AvgIpc) is 2.52. The summed E-state index contributed by atoms with van der Waals surface area (Å²) in [6, 6.07) is 9.29. The number of hydrogen-bond donors (Lipinski definition) is 0. The Balaban J connectivity index is 1.85. The number of amides is 1. The molecule has 0 saturated carbocycles. The molecule has 0 radical (unpaired) electrons. The van der Waals surface area contributed by atoms with Crippen molar-refractivity contribution in [1.29, 1.82) is 0 Å². The Hall–Kier alpha value is -2.37. The van der Waals surface area contributed by atoms with Crippen LogP contribution in [0.3, 0.4) is 0 Å². The fraction of sp³-hybridized carbons (Fsp3) is 0.400. The Labute approximate surface area is 122 Å². The van der Waals surface area contributed by atoms with E-state index in [0.29, 0.717) is 6.54 Å². The van der Waals surface area contributed by atoms with E-state index in [1.165, 1.54) is 12.0 Å². The molecular formula is C15H17NO5. The zero-order chi connectivity index (χ0) is 15.2. The summed E-state index contributed by atoms with van der Waals surface area (Å²) in [7, 11) is 1.25. The van der Waals surface area contributed by atoms with Gasteiger partial charge in [0.2, 0.25) is 0 Å². The third-order valence-electron chi connectivity index (χ3n) is 3.37. The molecule has 1 atom stereocenters. The highest BCUT2D eigenvalue weighted by atomic mass is 16.6. The molecule has 0 spiro atoms. The van der Waals surface area contributed by atoms with Crippen molar-refractivity contribution in [3.63, 3.8) is 0 Å².